The van der Waals surface area contributed by atoms with Crippen LogP contribution >= 0.6 is 0 Å². The lowest BCUT2D eigenvalue weighted by Crippen LogP contribution is -2.46. The Kier molecular flexibility index (Phi) is 4.43. The van der Waals surface area contributed by atoms with E-state index in [1.807, 2.05) is 30.3 Å². The van der Waals surface area contributed by atoms with Crippen LogP contribution in [0.15, 0.2) is 57.7 Å². The smallest absolute Gasteiger partial charge is 0.202 e. The van der Waals surface area contributed by atoms with Crippen molar-refractivity contribution in [2.24, 2.45) is 0 Å². The van der Waals surface area contributed by atoms with Gasteiger partial charge in [-0.15, -0.1) is 0 Å². The number of furan rings is 1. The van der Waals surface area contributed by atoms with Crippen molar-refractivity contribution in [1.82, 2.24) is 10.1 Å². The highest BCUT2D eigenvalue weighted by atomic mass is 16.5. The van der Waals surface area contributed by atoms with Gasteiger partial charge < -0.3 is 18.6 Å². The summed E-state index contributed by atoms with van der Waals surface area (Å²) in [5.74, 6) is 2.31. The van der Waals surface area contributed by atoms with Gasteiger partial charge in [0.1, 0.15) is 5.75 Å². The van der Waals surface area contributed by atoms with Crippen molar-refractivity contribution in [3.8, 4) is 17.3 Å². The number of para-hydroxylation sites is 2. The predicted octanol–water partition coefficient (Wildman–Crippen LogP) is 3.27. The van der Waals surface area contributed by atoms with Gasteiger partial charge in [-0.25, -0.2) is 0 Å². The van der Waals surface area contributed by atoms with Crippen molar-refractivity contribution < 1.29 is 13.7 Å². The second-order valence-corrected chi connectivity index (χ2v) is 6.09. The standard InChI is InChI=1S/C19H21N3O3/c1-23-17-6-3-2-5-16(17)22-10-8-21(9-11-22)14-15-13-19(25-20-15)18-7-4-12-24-18/h2-7,12-13H,8-11,14H2,1H3. The summed E-state index contributed by atoms with van der Waals surface area (Å²) in [6.45, 7) is 4.65. The molecule has 1 aliphatic rings. The Labute approximate surface area is 146 Å². The SMILES string of the molecule is COc1ccccc1N1CCN(Cc2cc(-c3ccco3)on2)CC1. The fourth-order valence-corrected chi connectivity index (χ4v) is 3.19. The average Bonchev–Trinajstić information content (AvgIpc) is 3.34. The van der Waals surface area contributed by atoms with Crippen LogP contribution in [0.5, 0.6) is 5.75 Å². The first-order chi connectivity index (χ1) is 12.3. The fraction of sp³-hybridized carbons (Fsp3) is 0.316. The first-order valence-electron chi connectivity index (χ1n) is 8.43. The second-order valence-electron chi connectivity index (χ2n) is 6.09. The summed E-state index contributed by atoms with van der Waals surface area (Å²) in [7, 11) is 1.72. The third-order valence-electron chi connectivity index (χ3n) is 4.51. The van der Waals surface area contributed by atoms with Crippen molar-refractivity contribution >= 4 is 5.69 Å². The number of nitrogens with zero attached hydrogens (tertiary/aromatic N) is 3. The van der Waals surface area contributed by atoms with Gasteiger partial charge in [0.05, 0.1) is 24.8 Å². The van der Waals surface area contributed by atoms with Gasteiger partial charge >= 0.3 is 0 Å². The predicted molar refractivity (Wildman–Crippen MR) is 94.7 cm³/mol. The minimum atomic E-state index is 0.674. The number of hydrogen-bond donors (Lipinski definition) is 0. The monoisotopic (exact) mass is 339 g/mol. The van der Waals surface area contributed by atoms with Crippen molar-refractivity contribution in [3.05, 3.63) is 54.4 Å². The molecule has 130 valence electrons. The van der Waals surface area contributed by atoms with Crippen LogP contribution in [0.3, 0.4) is 0 Å². The number of methoxy groups -OCH3 is 1. The topological polar surface area (TPSA) is 54.9 Å². The number of rotatable bonds is 5. The van der Waals surface area contributed by atoms with Crippen LogP contribution in [0.1, 0.15) is 5.69 Å². The van der Waals surface area contributed by atoms with Crippen LogP contribution in [0, 0.1) is 0 Å². The van der Waals surface area contributed by atoms with E-state index >= 15 is 0 Å². The molecule has 0 radical (unpaired) electrons. The minimum absolute atomic E-state index is 0.674. The Balaban J connectivity index is 1.36. The summed E-state index contributed by atoms with van der Waals surface area (Å²) in [6, 6.07) is 13.8. The van der Waals surface area contributed by atoms with Crippen LogP contribution in [0.4, 0.5) is 5.69 Å². The minimum Gasteiger partial charge on any atom is -0.495 e. The Bertz CT molecular complexity index is 805. The van der Waals surface area contributed by atoms with Crippen molar-refractivity contribution in [3.63, 3.8) is 0 Å². The molecule has 0 saturated carbocycles. The van der Waals surface area contributed by atoms with E-state index in [1.54, 1.807) is 13.4 Å². The molecule has 0 N–H and O–H groups in total. The normalized spacial score (nSPS) is 15.5. The average molecular weight is 339 g/mol. The molecule has 1 aliphatic heterocycles. The van der Waals surface area contributed by atoms with E-state index in [0.717, 1.165) is 49.9 Å². The first kappa shape index (κ1) is 15.8. The first-order valence-corrected chi connectivity index (χ1v) is 8.43. The lowest BCUT2D eigenvalue weighted by Gasteiger charge is -2.36. The zero-order chi connectivity index (χ0) is 17.1. The van der Waals surface area contributed by atoms with Gasteiger partial charge in [0.25, 0.3) is 0 Å². The lowest BCUT2D eigenvalue weighted by molar-refractivity contribution is 0.241. The highest BCUT2D eigenvalue weighted by molar-refractivity contribution is 5.58. The largest absolute Gasteiger partial charge is 0.495 e. The number of benzene rings is 1. The summed E-state index contributed by atoms with van der Waals surface area (Å²) in [4.78, 5) is 4.75. The van der Waals surface area contributed by atoms with Gasteiger partial charge in [0.2, 0.25) is 5.76 Å². The number of ether oxygens (including phenoxy) is 1. The molecule has 0 aliphatic carbocycles. The second kappa shape index (κ2) is 7.03. The molecule has 3 heterocycles. The Hall–Kier alpha value is -2.73. The third kappa shape index (κ3) is 3.39. The lowest BCUT2D eigenvalue weighted by atomic mass is 10.2. The van der Waals surface area contributed by atoms with E-state index < -0.39 is 0 Å². The van der Waals surface area contributed by atoms with Gasteiger partial charge in [-0.3, -0.25) is 4.90 Å². The third-order valence-corrected chi connectivity index (χ3v) is 4.51. The maximum Gasteiger partial charge on any atom is 0.202 e. The highest BCUT2D eigenvalue weighted by Gasteiger charge is 2.20. The maximum absolute atomic E-state index is 5.47. The zero-order valence-electron chi connectivity index (χ0n) is 14.2. The van der Waals surface area contributed by atoms with E-state index in [0.29, 0.717) is 11.5 Å². The van der Waals surface area contributed by atoms with Crippen LogP contribution < -0.4 is 9.64 Å². The number of hydrogen-bond acceptors (Lipinski definition) is 6. The molecule has 0 unspecified atom stereocenters. The number of piperazine rings is 1. The van der Waals surface area contributed by atoms with Crippen LogP contribution in [-0.2, 0) is 6.54 Å². The van der Waals surface area contributed by atoms with Crippen molar-refractivity contribution in [1.29, 1.82) is 0 Å². The van der Waals surface area contributed by atoms with Gasteiger partial charge in [-0.1, -0.05) is 17.3 Å². The Morgan fingerprint density at radius 3 is 2.64 bits per heavy atom. The fourth-order valence-electron chi connectivity index (χ4n) is 3.19. The molecule has 0 atom stereocenters. The molecule has 0 spiro atoms. The van der Waals surface area contributed by atoms with E-state index in [9.17, 15) is 0 Å². The molecule has 0 bridgehead atoms. The number of anilines is 1. The Morgan fingerprint density at radius 1 is 1.04 bits per heavy atom. The molecule has 1 aromatic carbocycles. The molecule has 0 amide bonds. The van der Waals surface area contributed by atoms with Gasteiger partial charge in [-0.2, -0.15) is 0 Å². The summed E-state index contributed by atoms with van der Waals surface area (Å²) in [5.41, 5.74) is 2.09. The van der Waals surface area contributed by atoms with E-state index in [2.05, 4.69) is 27.1 Å². The number of aromatic nitrogens is 1. The quantitative estimate of drug-likeness (QED) is 0.711. The van der Waals surface area contributed by atoms with Gasteiger partial charge in [0, 0.05) is 38.8 Å². The van der Waals surface area contributed by atoms with Crippen LogP contribution in [-0.4, -0.2) is 43.3 Å². The molecule has 6 nitrogen and oxygen atoms in total. The summed E-state index contributed by atoms with van der Waals surface area (Å²) in [6.07, 6.45) is 1.63. The molecule has 25 heavy (non-hydrogen) atoms. The molecule has 1 fully saturated rings. The van der Waals surface area contributed by atoms with E-state index in [4.69, 9.17) is 13.7 Å². The molecule has 2 aromatic heterocycles. The molecular formula is C19H21N3O3. The van der Waals surface area contributed by atoms with Crippen molar-refractivity contribution in [2.75, 3.05) is 38.2 Å². The van der Waals surface area contributed by atoms with E-state index in [-0.39, 0.29) is 0 Å². The highest BCUT2D eigenvalue weighted by Crippen LogP contribution is 2.28. The molecule has 6 heteroatoms. The van der Waals surface area contributed by atoms with Crippen molar-refractivity contribution in [2.45, 2.75) is 6.54 Å². The maximum atomic E-state index is 5.47. The molecule has 1 saturated heterocycles. The summed E-state index contributed by atoms with van der Waals surface area (Å²) < 4.78 is 16.2. The molecular weight excluding hydrogens is 318 g/mol. The van der Waals surface area contributed by atoms with Gasteiger partial charge in [0.15, 0.2) is 5.76 Å². The van der Waals surface area contributed by atoms with Crippen LogP contribution in [0.2, 0.25) is 0 Å². The van der Waals surface area contributed by atoms with E-state index in [1.165, 1.54) is 0 Å². The summed E-state index contributed by atoms with van der Waals surface area (Å²) >= 11 is 0. The Morgan fingerprint density at radius 2 is 1.88 bits per heavy atom. The van der Waals surface area contributed by atoms with Crippen LogP contribution in [0.25, 0.3) is 11.5 Å². The summed E-state index contributed by atoms with van der Waals surface area (Å²) in [5, 5.41) is 4.16. The zero-order valence-corrected chi connectivity index (χ0v) is 14.2. The molecule has 4 rings (SSSR count). The molecule has 3 aromatic rings. The van der Waals surface area contributed by atoms with Gasteiger partial charge in [-0.05, 0) is 24.3 Å².